The van der Waals surface area contributed by atoms with Crippen LogP contribution in [0.2, 0.25) is 0 Å². The molecule has 0 aromatic carbocycles. The molecule has 6 nitrogen and oxygen atoms in total. The highest BCUT2D eigenvalue weighted by atomic mass is 32.2. The van der Waals surface area contributed by atoms with E-state index in [-0.39, 0.29) is 18.6 Å². The Morgan fingerprint density at radius 3 is 2.90 bits per heavy atom. The first-order chi connectivity index (χ1) is 9.54. The Kier molecular flexibility index (Phi) is 7.61. The highest BCUT2D eigenvalue weighted by molar-refractivity contribution is 7.99. The molecule has 20 heavy (non-hydrogen) atoms. The standard InChI is InChI=1S/C13H24N4O2S/c1-10(2)17-9-15-16-13(17)20-8-12(19)14-6-4-5-11(3)7-18/h9-11,18H,4-8H2,1-3H3,(H,14,19). The van der Waals surface area contributed by atoms with E-state index in [0.29, 0.717) is 18.2 Å². The van der Waals surface area contributed by atoms with E-state index < -0.39 is 0 Å². The molecule has 1 amide bonds. The number of hydrogen-bond acceptors (Lipinski definition) is 5. The van der Waals surface area contributed by atoms with Crippen molar-refractivity contribution in [2.75, 3.05) is 18.9 Å². The maximum Gasteiger partial charge on any atom is 0.230 e. The Labute approximate surface area is 124 Å². The fourth-order valence-corrected chi connectivity index (χ4v) is 2.51. The Balaban J connectivity index is 2.21. The monoisotopic (exact) mass is 300 g/mol. The molecular weight excluding hydrogens is 276 g/mol. The lowest BCUT2D eigenvalue weighted by atomic mass is 10.1. The molecule has 1 atom stereocenters. The van der Waals surface area contributed by atoms with Gasteiger partial charge in [-0.3, -0.25) is 4.79 Å². The highest BCUT2D eigenvalue weighted by Crippen LogP contribution is 2.18. The molecule has 114 valence electrons. The van der Waals surface area contributed by atoms with Crippen molar-refractivity contribution in [2.45, 2.75) is 44.8 Å². The molecule has 1 aromatic rings. The Morgan fingerprint density at radius 1 is 1.50 bits per heavy atom. The van der Waals surface area contributed by atoms with Gasteiger partial charge in [-0.2, -0.15) is 0 Å². The van der Waals surface area contributed by atoms with E-state index in [1.54, 1.807) is 6.33 Å². The van der Waals surface area contributed by atoms with E-state index in [9.17, 15) is 4.79 Å². The molecule has 0 spiro atoms. The first-order valence-corrected chi connectivity index (χ1v) is 7.93. The molecule has 1 heterocycles. The molecular formula is C13H24N4O2S. The number of aliphatic hydroxyl groups is 1. The molecule has 0 saturated carbocycles. The van der Waals surface area contributed by atoms with Gasteiger partial charge in [0.1, 0.15) is 6.33 Å². The number of nitrogens with zero attached hydrogens (tertiary/aromatic N) is 3. The summed E-state index contributed by atoms with van der Waals surface area (Å²) in [6.07, 6.45) is 3.49. The van der Waals surface area contributed by atoms with Gasteiger partial charge < -0.3 is 15.0 Å². The van der Waals surface area contributed by atoms with Crippen LogP contribution >= 0.6 is 11.8 Å². The molecule has 7 heteroatoms. The van der Waals surface area contributed by atoms with Crippen molar-refractivity contribution in [1.82, 2.24) is 20.1 Å². The van der Waals surface area contributed by atoms with Crippen LogP contribution in [0.1, 0.15) is 39.7 Å². The normalized spacial score (nSPS) is 12.7. The van der Waals surface area contributed by atoms with Crippen molar-refractivity contribution < 1.29 is 9.90 Å². The second-order valence-electron chi connectivity index (χ2n) is 5.18. The molecule has 0 aliphatic heterocycles. The van der Waals surface area contributed by atoms with Gasteiger partial charge in [0.25, 0.3) is 0 Å². The number of carbonyl (C=O) groups is 1. The van der Waals surface area contributed by atoms with E-state index in [2.05, 4.69) is 29.4 Å². The Hall–Kier alpha value is -1.08. The van der Waals surface area contributed by atoms with Crippen molar-refractivity contribution >= 4 is 17.7 Å². The zero-order chi connectivity index (χ0) is 15.0. The summed E-state index contributed by atoms with van der Waals surface area (Å²) in [6.45, 7) is 6.96. The summed E-state index contributed by atoms with van der Waals surface area (Å²) in [4.78, 5) is 11.7. The van der Waals surface area contributed by atoms with E-state index in [1.165, 1.54) is 11.8 Å². The van der Waals surface area contributed by atoms with Crippen LogP contribution in [0, 0.1) is 5.92 Å². The van der Waals surface area contributed by atoms with Gasteiger partial charge in [-0.05, 0) is 32.6 Å². The van der Waals surface area contributed by atoms with Crippen LogP contribution in [-0.4, -0.2) is 44.7 Å². The van der Waals surface area contributed by atoms with Crippen molar-refractivity contribution in [1.29, 1.82) is 0 Å². The summed E-state index contributed by atoms with van der Waals surface area (Å²) >= 11 is 1.40. The molecule has 1 aromatic heterocycles. The third-order valence-electron chi connectivity index (χ3n) is 2.94. The summed E-state index contributed by atoms with van der Waals surface area (Å²) in [6, 6.07) is 0.288. The smallest absolute Gasteiger partial charge is 0.230 e. The van der Waals surface area contributed by atoms with Gasteiger partial charge in [0.05, 0.1) is 5.75 Å². The average molecular weight is 300 g/mol. The minimum atomic E-state index is 0.00459. The number of hydrogen-bond donors (Lipinski definition) is 2. The molecule has 0 radical (unpaired) electrons. The summed E-state index contributed by atoms with van der Waals surface area (Å²) in [5.41, 5.74) is 0. The van der Waals surface area contributed by atoms with Crippen LogP contribution in [0.3, 0.4) is 0 Å². The average Bonchev–Trinajstić information content (AvgIpc) is 2.89. The molecule has 2 N–H and O–H groups in total. The minimum Gasteiger partial charge on any atom is -0.396 e. The van der Waals surface area contributed by atoms with E-state index in [1.807, 2.05) is 11.5 Å². The maximum absolute atomic E-state index is 11.7. The van der Waals surface area contributed by atoms with E-state index >= 15 is 0 Å². The first kappa shape index (κ1) is 17.0. The summed E-state index contributed by atoms with van der Waals surface area (Å²) in [7, 11) is 0. The molecule has 0 aliphatic carbocycles. The third kappa shape index (κ3) is 5.92. The number of thioether (sulfide) groups is 1. The van der Waals surface area contributed by atoms with Crippen LogP contribution in [0.15, 0.2) is 11.5 Å². The van der Waals surface area contributed by atoms with Gasteiger partial charge in [0, 0.05) is 19.2 Å². The zero-order valence-corrected chi connectivity index (χ0v) is 13.2. The number of carbonyl (C=O) groups excluding carboxylic acids is 1. The number of nitrogens with one attached hydrogen (secondary N) is 1. The lowest BCUT2D eigenvalue weighted by Crippen LogP contribution is -2.26. The van der Waals surface area contributed by atoms with Crippen LogP contribution in [0.25, 0.3) is 0 Å². The quantitative estimate of drug-likeness (QED) is 0.533. The predicted molar refractivity (Wildman–Crippen MR) is 79.6 cm³/mol. The van der Waals surface area contributed by atoms with Gasteiger partial charge >= 0.3 is 0 Å². The number of amides is 1. The van der Waals surface area contributed by atoms with Gasteiger partial charge in [-0.1, -0.05) is 18.7 Å². The summed E-state index contributed by atoms with van der Waals surface area (Å²) in [5.74, 6) is 0.650. The van der Waals surface area contributed by atoms with Crippen LogP contribution in [0.5, 0.6) is 0 Å². The maximum atomic E-state index is 11.7. The summed E-state index contributed by atoms with van der Waals surface area (Å²) < 4.78 is 1.95. The zero-order valence-electron chi connectivity index (χ0n) is 12.4. The van der Waals surface area contributed by atoms with Crippen LogP contribution < -0.4 is 5.32 Å². The van der Waals surface area contributed by atoms with Gasteiger partial charge in [0.15, 0.2) is 5.16 Å². The fraction of sp³-hybridized carbons (Fsp3) is 0.769. The van der Waals surface area contributed by atoms with Crippen LogP contribution in [0.4, 0.5) is 0 Å². The SMILES string of the molecule is CC(CO)CCCNC(=O)CSc1nncn1C(C)C. The molecule has 0 saturated heterocycles. The second kappa shape index (κ2) is 8.97. The largest absolute Gasteiger partial charge is 0.396 e. The molecule has 0 aliphatic rings. The Morgan fingerprint density at radius 2 is 2.25 bits per heavy atom. The van der Waals surface area contributed by atoms with Gasteiger partial charge in [-0.15, -0.1) is 10.2 Å². The lowest BCUT2D eigenvalue weighted by Gasteiger charge is -2.10. The second-order valence-corrected chi connectivity index (χ2v) is 6.13. The first-order valence-electron chi connectivity index (χ1n) is 6.94. The van der Waals surface area contributed by atoms with Crippen molar-refractivity contribution in [3.63, 3.8) is 0 Å². The van der Waals surface area contributed by atoms with E-state index in [0.717, 1.165) is 18.0 Å². The predicted octanol–water partition coefficient (Wildman–Crippen LogP) is 1.48. The fourth-order valence-electron chi connectivity index (χ4n) is 1.64. The van der Waals surface area contributed by atoms with Gasteiger partial charge in [-0.25, -0.2) is 0 Å². The number of rotatable bonds is 9. The molecule has 1 unspecified atom stereocenters. The Bertz CT molecular complexity index is 409. The van der Waals surface area contributed by atoms with Crippen molar-refractivity contribution in [2.24, 2.45) is 5.92 Å². The molecule has 1 rings (SSSR count). The minimum absolute atomic E-state index is 0.00459. The third-order valence-corrected chi connectivity index (χ3v) is 3.89. The summed E-state index contributed by atoms with van der Waals surface area (Å²) in [5, 5.41) is 20.4. The van der Waals surface area contributed by atoms with Crippen LogP contribution in [-0.2, 0) is 4.79 Å². The van der Waals surface area contributed by atoms with E-state index in [4.69, 9.17) is 5.11 Å². The van der Waals surface area contributed by atoms with Crippen molar-refractivity contribution in [3.05, 3.63) is 6.33 Å². The molecule has 0 bridgehead atoms. The number of aromatic nitrogens is 3. The highest BCUT2D eigenvalue weighted by Gasteiger charge is 2.10. The lowest BCUT2D eigenvalue weighted by molar-refractivity contribution is -0.118. The van der Waals surface area contributed by atoms with Gasteiger partial charge in [0.2, 0.25) is 5.91 Å². The number of aliphatic hydroxyl groups excluding tert-OH is 1. The topological polar surface area (TPSA) is 80.0 Å². The van der Waals surface area contributed by atoms with Crippen molar-refractivity contribution in [3.8, 4) is 0 Å². The molecule has 0 fully saturated rings.